The van der Waals surface area contributed by atoms with E-state index in [1.54, 1.807) is 0 Å². The summed E-state index contributed by atoms with van der Waals surface area (Å²) in [6.45, 7) is 6.37. The maximum Gasteiger partial charge on any atom is 0.112 e. The minimum atomic E-state index is 0.426. The number of aromatic amines is 1. The van der Waals surface area contributed by atoms with Crippen LogP contribution in [0.3, 0.4) is 0 Å². The van der Waals surface area contributed by atoms with E-state index in [1.165, 1.54) is 11.4 Å². The van der Waals surface area contributed by atoms with Gasteiger partial charge in [0, 0.05) is 37.5 Å². The van der Waals surface area contributed by atoms with Gasteiger partial charge in [0.1, 0.15) is 5.82 Å². The highest BCUT2D eigenvalue weighted by Crippen LogP contribution is 2.26. The molecule has 1 aromatic heterocycles. The summed E-state index contributed by atoms with van der Waals surface area (Å²) in [5, 5.41) is 3.36. The summed E-state index contributed by atoms with van der Waals surface area (Å²) >= 11 is 0. The third-order valence-electron chi connectivity index (χ3n) is 3.65. The second-order valence-corrected chi connectivity index (χ2v) is 4.87. The summed E-state index contributed by atoms with van der Waals surface area (Å²) in [7, 11) is 0. The molecule has 3 heterocycles. The lowest BCUT2D eigenvalue weighted by atomic mass is 9.96. The van der Waals surface area contributed by atoms with Crippen LogP contribution in [0.25, 0.3) is 0 Å². The molecule has 2 unspecified atom stereocenters. The number of imidazole rings is 1. The van der Waals surface area contributed by atoms with Crippen LogP contribution >= 0.6 is 0 Å². The molecule has 0 saturated carbocycles. The van der Waals surface area contributed by atoms with Crippen LogP contribution in [0, 0.1) is 0 Å². The molecule has 1 fully saturated rings. The highest BCUT2D eigenvalue weighted by molar-refractivity contribution is 5.21. The van der Waals surface area contributed by atoms with Crippen molar-refractivity contribution in [1.82, 2.24) is 26.1 Å². The molecule has 0 radical (unpaired) electrons. The van der Waals surface area contributed by atoms with Gasteiger partial charge in [-0.3, -0.25) is 10.9 Å². The Morgan fingerprint density at radius 1 is 1.19 bits per heavy atom. The van der Waals surface area contributed by atoms with Crippen LogP contribution in [0.15, 0.2) is 0 Å². The van der Waals surface area contributed by atoms with E-state index in [-0.39, 0.29) is 0 Å². The van der Waals surface area contributed by atoms with E-state index in [0.29, 0.717) is 18.0 Å². The molecule has 0 aromatic carbocycles. The van der Waals surface area contributed by atoms with Gasteiger partial charge in [-0.05, 0) is 13.8 Å². The van der Waals surface area contributed by atoms with Crippen molar-refractivity contribution in [3.05, 3.63) is 17.2 Å². The number of rotatable bonds is 1. The predicted octanol–water partition coefficient (Wildman–Crippen LogP) is 0.0238. The SMILES string of the molecule is CC1NNC(C)C1c1nc2c([nH]1)CNCC2. The molecule has 0 spiro atoms. The molecular formula is C11H19N5. The Balaban J connectivity index is 1.91. The zero-order valence-corrected chi connectivity index (χ0v) is 9.80. The molecular weight excluding hydrogens is 202 g/mol. The minimum Gasteiger partial charge on any atom is -0.344 e. The first-order valence-electron chi connectivity index (χ1n) is 6.05. The van der Waals surface area contributed by atoms with Crippen molar-refractivity contribution in [3.63, 3.8) is 0 Å². The Kier molecular flexibility index (Phi) is 2.46. The second-order valence-electron chi connectivity index (χ2n) is 4.87. The van der Waals surface area contributed by atoms with Crippen molar-refractivity contribution < 1.29 is 0 Å². The Morgan fingerprint density at radius 2 is 1.94 bits per heavy atom. The van der Waals surface area contributed by atoms with Crippen LogP contribution in [0.4, 0.5) is 0 Å². The van der Waals surface area contributed by atoms with E-state index >= 15 is 0 Å². The number of nitrogens with zero attached hydrogens (tertiary/aromatic N) is 1. The molecule has 16 heavy (non-hydrogen) atoms. The summed E-state index contributed by atoms with van der Waals surface area (Å²) in [6.07, 6.45) is 1.04. The highest BCUT2D eigenvalue weighted by Gasteiger charge is 2.34. The van der Waals surface area contributed by atoms with Crippen molar-refractivity contribution >= 4 is 0 Å². The Hall–Kier alpha value is -0.910. The van der Waals surface area contributed by atoms with Gasteiger partial charge < -0.3 is 10.3 Å². The zero-order chi connectivity index (χ0) is 11.1. The Bertz CT molecular complexity index is 352. The van der Waals surface area contributed by atoms with Gasteiger partial charge in [0.2, 0.25) is 0 Å². The molecule has 88 valence electrons. The summed E-state index contributed by atoms with van der Waals surface area (Å²) < 4.78 is 0. The Morgan fingerprint density at radius 3 is 2.62 bits per heavy atom. The fourth-order valence-corrected chi connectivity index (χ4v) is 2.75. The number of nitrogens with one attached hydrogen (secondary N) is 4. The standard InChI is InChI=1S/C11H19N5/c1-6-10(7(2)16-15-6)11-13-8-3-4-12-5-9(8)14-11/h6-7,10,12,15-16H,3-5H2,1-2H3,(H,13,14). The van der Waals surface area contributed by atoms with Crippen LogP contribution in [0.1, 0.15) is 37.0 Å². The van der Waals surface area contributed by atoms with Crippen LogP contribution in [-0.4, -0.2) is 28.6 Å². The number of fused-ring (bicyclic) bond motifs is 1. The number of hydrogen-bond acceptors (Lipinski definition) is 4. The number of H-pyrrole nitrogens is 1. The van der Waals surface area contributed by atoms with E-state index < -0.39 is 0 Å². The van der Waals surface area contributed by atoms with E-state index in [9.17, 15) is 0 Å². The number of hydrazine groups is 1. The van der Waals surface area contributed by atoms with Crippen molar-refractivity contribution in [3.8, 4) is 0 Å². The first kappa shape index (κ1) is 10.3. The topological polar surface area (TPSA) is 64.8 Å². The fraction of sp³-hybridized carbons (Fsp3) is 0.727. The predicted molar refractivity (Wildman–Crippen MR) is 61.9 cm³/mol. The van der Waals surface area contributed by atoms with Gasteiger partial charge in [0.05, 0.1) is 11.4 Å². The number of aromatic nitrogens is 2. The molecule has 2 aliphatic heterocycles. The maximum absolute atomic E-state index is 4.76. The largest absolute Gasteiger partial charge is 0.344 e. The monoisotopic (exact) mass is 221 g/mol. The van der Waals surface area contributed by atoms with Crippen molar-refractivity contribution in [1.29, 1.82) is 0 Å². The first-order chi connectivity index (χ1) is 7.75. The quantitative estimate of drug-likeness (QED) is 0.540. The van der Waals surface area contributed by atoms with Gasteiger partial charge in [0.15, 0.2) is 0 Å². The molecule has 5 heteroatoms. The van der Waals surface area contributed by atoms with Crippen LogP contribution in [0.2, 0.25) is 0 Å². The summed E-state index contributed by atoms with van der Waals surface area (Å²) in [6, 6.07) is 0.853. The van der Waals surface area contributed by atoms with E-state index in [1.807, 2.05) is 0 Å². The molecule has 2 aliphatic rings. The van der Waals surface area contributed by atoms with Crippen LogP contribution < -0.4 is 16.2 Å². The van der Waals surface area contributed by atoms with E-state index in [0.717, 1.165) is 25.3 Å². The van der Waals surface area contributed by atoms with E-state index in [4.69, 9.17) is 4.98 Å². The molecule has 0 amide bonds. The maximum atomic E-state index is 4.76. The van der Waals surface area contributed by atoms with Gasteiger partial charge in [-0.1, -0.05) is 0 Å². The molecule has 0 aliphatic carbocycles. The molecule has 2 atom stereocenters. The first-order valence-corrected chi connectivity index (χ1v) is 6.05. The van der Waals surface area contributed by atoms with Gasteiger partial charge in [-0.2, -0.15) is 0 Å². The van der Waals surface area contributed by atoms with E-state index in [2.05, 4.69) is 35.0 Å². The molecule has 5 nitrogen and oxygen atoms in total. The average Bonchev–Trinajstić information content (AvgIpc) is 2.82. The lowest BCUT2D eigenvalue weighted by Crippen LogP contribution is -2.30. The molecule has 1 saturated heterocycles. The molecule has 1 aromatic rings. The van der Waals surface area contributed by atoms with Crippen molar-refractivity contribution in [2.75, 3.05) is 6.54 Å². The lowest BCUT2D eigenvalue weighted by molar-refractivity contribution is 0.547. The third-order valence-corrected chi connectivity index (χ3v) is 3.65. The van der Waals surface area contributed by atoms with Crippen molar-refractivity contribution in [2.45, 2.75) is 44.8 Å². The van der Waals surface area contributed by atoms with Crippen molar-refractivity contribution in [2.24, 2.45) is 0 Å². The molecule has 0 bridgehead atoms. The summed E-state index contributed by atoms with van der Waals surface area (Å²) in [5.41, 5.74) is 9.07. The molecule has 3 rings (SSSR count). The Labute approximate surface area is 95.4 Å². The highest BCUT2D eigenvalue weighted by atomic mass is 15.4. The minimum absolute atomic E-state index is 0.426. The normalized spacial score (nSPS) is 34.0. The van der Waals surface area contributed by atoms with Gasteiger partial charge in [-0.25, -0.2) is 4.98 Å². The second kappa shape index (κ2) is 3.84. The van der Waals surface area contributed by atoms with Crippen LogP contribution in [-0.2, 0) is 13.0 Å². The van der Waals surface area contributed by atoms with Gasteiger partial charge >= 0.3 is 0 Å². The third kappa shape index (κ3) is 1.55. The smallest absolute Gasteiger partial charge is 0.112 e. The van der Waals surface area contributed by atoms with Gasteiger partial charge in [0.25, 0.3) is 0 Å². The van der Waals surface area contributed by atoms with Gasteiger partial charge in [-0.15, -0.1) is 0 Å². The average molecular weight is 221 g/mol. The zero-order valence-electron chi connectivity index (χ0n) is 9.80. The summed E-state index contributed by atoms with van der Waals surface area (Å²) in [5.74, 6) is 1.57. The summed E-state index contributed by atoms with van der Waals surface area (Å²) in [4.78, 5) is 8.24. The van der Waals surface area contributed by atoms with Crippen LogP contribution in [0.5, 0.6) is 0 Å². The number of hydrogen-bond donors (Lipinski definition) is 4. The lowest BCUT2D eigenvalue weighted by Gasteiger charge is -2.14. The fourth-order valence-electron chi connectivity index (χ4n) is 2.75. The molecule has 4 N–H and O–H groups in total.